The first kappa shape index (κ1) is 28.9. The number of ether oxygens (including phenoxy) is 4. The smallest absolute Gasteiger partial charge is 0.164 e. The highest BCUT2D eigenvalue weighted by Gasteiger charge is 2.26. The molecule has 2 aromatic carbocycles. The van der Waals surface area contributed by atoms with Crippen LogP contribution in [-0.2, 0) is 14.2 Å². The zero-order valence-electron chi connectivity index (χ0n) is 23.4. The van der Waals surface area contributed by atoms with Gasteiger partial charge in [-0.2, -0.15) is 5.10 Å². The Labute approximate surface area is 240 Å². The predicted octanol–water partition coefficient (Wildman–Crippen LogP) is 3.51. The third-order valence-corrected chi connectivity index (χ3v) is 7.09. The molecule has 0 amide bonds. The summed E-state index contributed by atoms with van der Waals surface area (Å²) in [6.45, 7) is 6.87. The molecule has 0 radical (unpaired) electrons. The summed E-state index contributed by atoms with van der Waals surface area (Å²) in [5, 5.41) is 5.82. The van der Waals surface area contributed by atoms with Crippen LogP contribution in [0.1, 0.15) is 18.9 Å². The molecule has 0 atom stereocenters. The molecule has 41 heavy (non-hydrogen) atoms. The summed E-state index contributed by atoms with van der Waals surface area (Å²) >= 11 is 0. The standard InChI is InChI=1S/C30H39N7O4/c31-12-16-38-18-20-40-21-19-39-17-15-36-13-10-24(11-14-36)37-30-27(29(32)33-22-34-30)28(35-37)23-6-8-26(9-7-23)41-25-4-2-1-3-5-25/h1-9,22,24H,10-21,31H2,(H2,32,33,34). The molecule has 5 rings (SSSR count). The number of likely N-dealkylation sites (tertiary alicyclic amines) is 1. The molecule has 1 aliphatic heterocycles. The van der Waals surface area contributed by atoms with Gasteiger partial charge in [0.05, 0.1) is 51.1 Å². The number of hydrogen-bond acceptors (Lipinski definition) is 10. The number of nitrogens with two attached hydrogens (primary N) is 2. The molecule has 1 fully saturated rings. The maximum absolute atomic E-state index is 6.35. The third kappa shape index (κ3) is 7.78. The fraction of sp³-hybridized carbons (Fsp3) is 0.433. The van der Waals surface area contributed by atoms with E-state index in [1.54, 1.807) is 0 Å². The van der Waals surface area contributed by atoms with Crippen molar-refractivity contribution in [1.82, 2.24) is 24.6 Å². The summed E-state index contributed by atoms with van der Waals surface area (Å²) in [4.78, 5) is 11.3. The summed E-state index contributed by atoms with van der Waals surface area (Å²) in [6.07, 6.45) is 3.45. The van der Waals surface area contributed by atoms with E-state index in [9.17, 15) is 0 Å². The monoisotopic (exact) mass is 561 g/mol. The Bertz CT molecular complexity index is 1340. The maximum atomic E-state index is 6.35. The lowest BCUT2D eigenvalue weighted by atomic mass is 10.1. The molecule has 11 nitrogen and oxygen atoms in total. The van der Waals surface area contributed by atoms with Crippen LogP contribution in [0.15, 0.2) is 60.9 Å². The molecule has 0 saturated carbocycles. The minimum Gasteiger partial charge on any atom is -0.457 e. The number of piperidine rings is 1. The molecular weight excluding hydrogens is 522 g/mol. The van der Waals surface area contributed by atoms with E-state index in [1.807, 2.05) is 59.3 Å². The molecule has 0 aliphatic carbocycles. The highest BCUT2D eigenvalue weighted by Crippen LogP contribution is 2.35. The first-order valence-corrected chi connectivity index (χ1v) is 14.2. The quantitative estimate of drug-likeness (QED) is 0.208. The second-order valence-corrected chi connectivity index (χ2v) is 9.89. The second kappa shape index (κ2) is 14.9. The van der Waals surface area contributed by atoms with Crippen LogP contribution in [0, 0.1) is 0 Å². The van der Waals surface area contributed by atoms with E-state index in [0.29, 0.717) is 52.0 Å². The van der Waals surface area contributed by atoms with Crippen molar-refractivity contribution in [2.45, 2.75) is 18.9 Å². The molecule has 4 N–H and O–H groups in total. The van der Waals surface area contributed by atoms with Crippen LogP contribution in [0.3, 0.4) is 0 Å². The zero-order chi connectivity index (χ0) is 28.3. The first-order chi connectivity index (χ1) is 20.2. The van der Waals surface area contributed by atoms with Crippen molar-refractivity contribution >= 4 is 16.9 Å². The molecule has 1 aliphatic rings. The van der Waals surface area contributed by atoms with Crippen LogP contribution >= 0.6 is 0 Å². The number of aromatic nitrogens is 4. The van der Waals surface area contributed by atoms with E-state index in [4.69, 9.17) is 35.5 Å². The van der Waals surface area contributed by atoms with Crippen LogP contribution in [0.5, 0.6) is 11.5 Å². The van der Waals surface area contributed by atoms with Gasteiger partial charge < -0.3 is 35.3 Å². The van der Waals surface area contributed by atoms with Gasteiger partial charge in [0.2, 0.25) is 0 Å². The van der Waals surface area contributed by atoms with Crippen molar-refractivity contribution in [3.8, 4) is 22.8 Å². The van der Waals surface area contributed by atoms with Gasteiger partial charge in [-0.25, -0.2) is 14.6 Å². The normalized spacial score (nSPS) is 14.6. The lowest BCUT2D eigenvalue weighted by molar-refractivity contribution is 0.0102. The fourth-order valence-corrected chi connectivity index (χ4v) is 4.96. The Morgan fingerprint density at radius 3 is 2.15 bits per heavy atom. The number of rotatable bonds is 15. The van der Waals surface area contributed by atoms with E-state index in [0.717, 1.165) is 66.3 Å². The van der Waals surface area contributed by atoms with E-state index in [-0.39, 0.29) is 6.04 Å². The predicted molar refractivity (Wildman–Crippen MR) is 158 cm³/mol. The molecule has 218 valence electrons. The topological polar surface area (TPSA) is 136 Å². The van der Waals surface area contributed by atoms with Gasteiger partial charge in [-0.05, 0) is 49.2 Å². The molecule has 0 bridgehead atoms. The molecule has 4 aromatic rings. The van der Waals surface area contributed by atoms with Crippen molar-refractivity contribution in [3.63, 3.8) is 0 Å². The molecular formula is C30H39N7O4. The molecule has 0 unspecified atom stereocenters. The van der Waals surface area contributed by atoms with Gasteiger partial charge in [0.15, 0.2) is 5.65 Å². The van der Waals surface area contributed by atoms with Crippen LogP contribution in [0.25, 0.3) is 22.3 Å². The zero-order valence-corrected chi connectivity index (χ0v) is 23.4. The van der Waals surface area contributed by atoms with Gasteiger partial charge in [-0.15, -0.1) is 0 Å². The van der Waals surface area contributed by atoms with Crippen molar-refractivity contribution in [2.24, 2.45) is 5.73 Å². The molecule has 11 heteroatoms. The lowest BCUT2D eigenvalue weighted by Gasteiger charge is -2.32. The highest BCUT2D eigenvalue weighted by atomic mass is 16.5. The largest absolute Gasteiger partial charge is 0.457 e. The number of benzene rings is 2. The lowest BCUT2D eigenvalue weighted by Crippen LogP contribution is -2.37. The number of nitrogens with zero attached hydrogens (tertiary/aromatic N) is 5. The van der Waals surface area contributed by atoms with Crippen LogP contribution in [-0.4, -0.2) is 90.5 Å². The Balaban J connectivity index is 1.15. The Morgan fingerprint density at radius 1 is 0.780 bits per heavy atom. The van der Waals surface area contributed by atoms with E-state index >= 15 is 0 Å². The second-order valence-electron chi connectivity index (χ2n) is 9.89. The number of anilines is 1. The van der Waals surface area contributed by atoms with Gasteiger partial charge in [0, 0.05) is 31.7 Å². The minimum atomic E-state index is 0.230. The van der Waals surface area contributed by atoms with E-state index in [1.165, 1.54) is 6.33 Å². The van der Waals surface area contributed by atoms with Crippen molar-refractivity contribution < 1.29 is 18.9 Å². The van der Waals surface area contributed by atoms with E-state index in [2.05, 4.69) is 14.9 Å². The highest BCUT2D eigenvalue weighted by molar-refractivity contribution is 5.98. The number of para-hydroxylation sites is 1. The summed E-state index contributed by atoms with van der Waals surface area (Å²) in [6, 6.07) is 17.8. The summed E-state index contributed by atoms with van der Waals surface area (Å²) < 4.78 is 24.5. The van der Waals surface area contributed by atoms with Crippen molar-refractivity contribution in [2.75, 3.05) is 71.6 Å². The maximum Gasteiger partial charge on any atom is 0.164 e. The van der Waals surface area contributed by atoms with Crippen molar-refractivity contribution in [3.05, 3.63) is 60.9 Å². The molecule has 3 heterocycles. The molecule has 1 saturated heterocycles. The molecule has 0 spiro atoms. The van der Waals surface area contributed by atoms with Crippen LogP contribution in [0.4, 0.5) is 5.82 Å². The van der Waals surface area contributed by atoms with Gasteiger partial charge >= 0.3 is 0 Å². The Hall–Kier alpha value is -3.61. The number of hydrogen-bond donors (Lipinski definition) is 2. The number of nitrogen functional groups attached to an aromatic ring is 1. The van der Waals surface area contributed by atoms with Crippen molar-refractivity contribution in [1.29, 1.82) is 0 Å². The van der Waals surface area contributed by atoms with Gasteiger partial charge in [-0.3, -0.25) is 0 Å². The minimum absolute atomic E-state index is 0.230. The Kier molecular flexibility index (Phi) is 10.5. The number of fused-ring (bicyclic) bond motifs is 1. The van der Waals surface area contributed by atoms with Gasteiger partial charge in [-0.1, -0.05) is 18.2 Å². The van der Waals surface area contributed by atoms with Crippen LogP contribution < -0.4 is 16.2 Å². The average molecular weight is 562 g/mol. The van der Waals surface area contributed by atoms with E-state index < -0.39 is 0 Å². The third-order valence-electron chi connectivity index (χ3n) is 7.09. The Morgan fingerprint density at radius 2 is 1.44 bits per heavy atom. The summed E-state index contributed by atoms with van der Waals surface area (Å²) in [5.41, 5.74) is 14.2. The first-order valence-electron chi connectivity index (χ1n) is 14.2. The van der Waals surface area contributed by atoms with Gasteiger partial charge in [0.25, 0.3) is 0 Å². The van der Waals surface area contributed by atoms with Crippen LogP contribution in [0.2, 0.25) is 0 Å². The summed E-state index contributed by atoms with van der Waals surface area (Å²) in [5.74, 6) is 1.98. The average Bonchev–Trinajstić information content (AvgIpc) is 3.40. The molecule has 2 aromatic heterocycles. The van der Waals surface area contributed by atoms with Gasteiger partial charge in [0.1, 0.15) is 29.3 Å². The fourth-order valence-electron chi connectivity index (χ4n) is 4.96. The summed E-state index contributed by atoms with van der Waals surface area (Å²) in [7, 11) is 0. The SMILES string of the molecule is NCCOCCOCCOCCN1CCC(n2nc(-c3ccc(Oc4ccccc4)cc3)c3c(N)ncnc32)CC1.